The minimum atomic E-state index is -0.187. The van der Waals surface area contributed by atoms with Gasteiger partial charge in [0.2, 0.25) is 11.3 Å². The summed E-state index contributed by atoms with van der Waals surface area (Å²) in [6.07, 6.45) is 1.65. The lowest BCUT2D eigenvalue weighted by Crippen LogP contribution is -2.29. The van der Waals surface area contributed by atoms with Crippen molar-refractivity contribution in [2.24, 2.45) is 13.0 Å². The van der Waals surface area contributed by atoms with E-state index in [1.165, 1.54) is 6.07 Å². The Morgan fingerprint density at radius 3 is 2.61 bits per heavy atom. The van der Waals surface area contributed by atoms with E-state index in [0.717, 1.165) is 11.3 Å². The Morgan fingerprint density at radius 2 is 1.96 bits per heavy atom. The number of amides is 1. The number of carbonyl (C=O) groups is 1. The predicted molar refractivity (Wildman–Crippen MR) is 89.1 cm³/mol. The molecular weight excluding hydrogens is 292 g/mol. The molecule has 1 N–H and O–H groups in total. The third-order valence-corrected chi connectivity index (χ3v) is 3.51. The van der Waals surface area contributed by atoms with Gasteiger partial charge in [-0.2, -0.15) is 0 Å². The van der Waals surface area contributed by atoms with Gasteiger partial charge in [-0.1, -0.05) is 44.2 Å². The van der Waals surface area contributed by atoms with Crippen LogP contribution in [-0.2, 0) is 25.0 Å². The van der Waals surface area contributed by atoms with E-state index in [4.69, 9.17) is 4.74 Å². The normalized spacial score (nSPS) is 10.6. The van der Waals surface area contributed by atoms with Crippen LogP contribution in [0.3, 0.4) is 0 Å². The molecule has 1 heterocycles. The van der Waals surface area contributed by atoms with Crippen molar-refractivity contribution in [3.8, 4) is 5.75 Å². The molecule has 2 aromatic rings. The second-order valence-corrected chi connectivity index (χ2v) is 5.75. The zero-order valence-electron chi connectivity index (χ0n) is 13.7. The van der Waals surface area contributed by atoms with Crippen molar-refractivity contribution in [3.05, 3.63) is 64.1 Å². The van der Waals surface area contributed by atoms with E-state index in [2.05, 4.69) is 5.32 Å². The smallest absolute Gasteiger partial charge is 0.223 e. The van der Waals surface area contributed by atoms with Crippen molar-refractivity contribution in [3.63, 3.8) is 0 Å². The van der Waals surface area contributed by atoms with E-state index in [9.17, 15) is 9.59 Å². The standard InChI is InChI=1S/C18H22N2O3/c1-13(2)18(22)19-10-15-9-16(21)17(11-20(15)3)23-12-14-7-5-4-6-8-14/h4-9,11,13H,10,12H2,1-3H3,(H,19,22). The van der Waals surface area contributed by atoms with Gasteiger partial charge >= 0.3 is 0 Å². The summed E-state index contributed by atoms with van der Waals surface area (Å²) < 4.78 is 7.40. The van der Waals surface area contributed by atoms with Crippen molar-refractivity contribution >= 4 is 5.91 Å². The van der Waals surface area contributed by atoms with Gasteiger partial charge in [-0.3, -0.25) is 9.59 Å². The maximum absolute atomic E-state index is 12.1. The Labute approximate surface area is 135 Å². The third kappa shape index (κ3) is 4.71. The summed E-state index contributed by atoms with van der Waals surface area (Å²) in [7, 11) is 1.83. The highest BCUT2D eigenvalue weighted by atomic mass is 16.5. The second kappa shape index (κ2) is 7.63. The average Bonchev–Trinajstić information content (AvgIpc) is 2.54. The molecule has 0 atom stereocenters. The topological polar surface area (TPSA) is 60.3 Å². The molecule has 1 amide bonds. The molecule has 0 bridgehead atoms. The van der Waals surface area contributed by atoms with E-state index < -0.39 is 0 Å². The van der Waals surface area contributed by atoms with Gasteiger partial charge in [-0.25, -0.2) is 0 Å². The third-order valence-electron chi connectivity index (χ3n) is 3.51. The highest BCUT2D eigenvalue weighted by Gasteiger charge is 2.09. The fourth-order valence-electron chi connectivity index (χ4n) is 2.05. The van der Waals surface area contributed by atoms with Crippen LogP contribution in [0.4, 0.5) is 0 Å². The van der Waals surface area contributed by atoms with E-state index in [0.29, 0.717) is 18.9 Å². The van der Waals surface area contributed by atoms with Crippen LogP contribution in [0.15, 0.2) is 47.4 Å². The number of nitrogens with zero attached hydrogens (tertiary/aromatic N) is 1. The lowest BCUT2D eigenvalue weighted by molar-refractivity contribution is -0.124. The van der Waals surface area contributed by atoms with Crippen molar-refractivity contribution in [1.29, 1.82) is 0 Å². The Morgan fingerprint density at radius 1 is 1.26 bits per heavy atom. The minimum Gasteiger partial charge on any atom is -0.483 e. The fraction of sp³-hybridized carbons (Fsp3) is 0.333. The van der Waals surface area contributed by atoms with E-state index in [1.807, 2.05) is 51.2 Å². The van der Waals surface area contributed by atoms with Crippen molar-refractivity contribution in [1.82, 2.24) is 9.88 Å². The molecule has 0 saturated carbocycles. The molecule has 5 heteroatoms. The lowest BCUT2D eigenvalue weighted by Gasteiger charge is -2.13. The summed E-state index contributed by atoms with van der Waals surface area (Å²) in [5.41, 5.74) is 1.55. The molecule has 5 nitrogen and oxygen atoms in total. The fourth-order valence-corrected chi connectivity index (χ4v) is 2.05. The molecule has 0 fully saturated rings. The summed E-state index contributed by atoms with van der Waals surface area (Å²) in [4.78, 5) is 23.8. The molecule has 0 aliphatic rings. The molecule has 0 aliphatic carbocycles. The molecule has 122 valence electrons. The zero-order valence-corrected chi connectivity index (χ0v) is 13.7. The quantitative estimate of drug-likeness (QED) is 0.889. The van der Waals surface area contributed by atoms with Crippen LogP contribution in [0.1, 0.15) is 25.1 Å². The summed E-state index contributed by atoms with van der Waals surface area (Å²) in [5, 5.41) is 2.80. The first kappa shape index (κ1) is 16.8. The van der Waals surface area contributed by atoms with Crippen LogP contribution in [0.5, 0.6) is 5.75 Å². The maximum atomic E-state index is 12.1. The molecule has 0 unspecified atom stereocenters. The number of carbonyl (C=O) groups excluding carboxylic acids is 1. The molecule has 0 radical (unpaired) electrons. The Kier molecular flexibility index (Phi) is 5.57. The van der Waals surface area contributed by atoms with Crippen LogP contribution in [0.2, 0.25) is 0 Å². The molecule has 2 rings (SSSR count). The Balaban J connectivity index is 2.05. The zero-order chi connectivity index (χ0) is 16.8. The number of nitrogens with one attached hydrogen (secondary N) is 1. The van der Waals surface area contributed by atoms with Gasteiger partial charge in [-0.05, 0) is 5.56 Å². The van der Waals surface area contributed by atoms with E-state index in [-0.39, 0.29) is 17.3 Å². The van der Waals surface area contributed by atoms with Crippen LogP contribution >= 0.6 is 0 Å². The van der Waals surface area contributed by atoms with Gasteiger partial charge < -0.3 is 14.6 Å². The molecule has 0 aliphatic heterocycles. The van der Waals surface area contributed by atoms with Crippen LogP contribution in [-0.4, -0.2) is 10.5 Å². The summed E-state index contributed by atoms with van der Waals surface area (Å²) in [6, 6.07) is 11.2. The van der Waals surface area contributed by atoms with E-state index in [1.54, 1.807) is 10.8 Å². The number of aromatic nitrogens is 1. The van der Waals surface area contributed by atoms with Crippen molar-refractivity contribution in [2.75, 3.05) is 0 Å². The van der Waals surface area contributed by atoms with Gasteiger partial charge in [0.25, 0.3) is 0 Å². The van der Waals surface area contributed by atoms with Gasteiger partial charge in [-0.15, -0.1) is 0 Å². The first-order chi connectivity index (χ1) is 11.0. The molecule has 1 aromatic carbocycles. The highest BCUT2D eigenvalue weighted by molar-refractivity contribution is 5.77. The number of rotatable bonds is 6. The predicted octanol–water partition coefficient (Wildman–Crippen LogP) is 2.24. The average molecular weight is 314 g/mol. The van der Waals surface area contributed by atoms with Crippen LogP contribution in [0.25, 0.3) is 0 Å². The number of pyridine rings is 1. The van der Waals surface area contributed by atoms with Crippen LogP contribution in [0, 0.1) is 5.92 Å². The first-order valence-corrected chi connectivity index (χ1v) is 7.61. The highest BCUT2D eigenvalue weighted by Crippen LogP contribution is 2.09. The molecule has 23 heavy (non-hydrogen) atoms. The summed E-state index contributed by atoms with van der Waals surface area (Å²) in [6.45, 7) is 4.32. The van der Waals surface area contributed by atoms with E-state index >= 15 is 0 Å². The lowest BCUT2D eigenvalue weighted by atomic mass is 10.2. The number of aryl methyl sites for hydroxylation is 1. The number of benzene rings is 1. The monoisotopic (exact) mass is 314 g/mol. The maximum Gasteiger partial charge on any atom is 0.223 e. The van der Waals surface area contributed by atoms with Gasteiger partial charge in [0.1, 0.15) is 6.61 Å². The molecule has 0 saturated heterocycles. The van der Waals surface area contributed by atoms with Crippen molar-refractivity contribution in [2.45, 2.75) is 27.0 Å². The Hall–Kier alpha value is -2.56. The summed E-state index contributed by atoms with van der Waals surface area (Å²) >= 11 is 0. The minimum absolute atomic E-state index is 0.0400. The summed E-state index contributed by atoms with van der Waals surface area (Å²) in [5.74, 6) is 0.178. The number of hydrogen-bond acceptors (Lipinski definition) is 3. The van der Waals surface area contributed by atoms with Crippen molar-refractivity contribution < 1.29 is 9.53 Å². The second-order valence-electron chi connectivity index (χ2n) is 5.75. The molecule has 0 spiro atoms. The number of ether oxygens (including phenoxy) is 1. The largest absolute Gasteiger partial charge is 0.483 e. The Bertz CT molecular complexity index is 721. The van der Waals surface area contributed by atoms with Gasteiger partial charge in [0, 0.05) is 24.7 Å². The van der Waals surface area contributed by atoms with Gasteiger partial charge in [0.05, 0.1) is 12.7 Å². The van der Waals surface area contributed by atoms with Crippen LogP contribution < -0.4 is 15.5 Å². The molecular formula is C18H22N2O3. The molecule has 1 aromatic heterocycles. The van der Waals surface area contributed by atoms with Gasteiger partial charge in [0.15, 0.2) is 5.75 Å². The SMILES string of the molecule is CC(C)C(=O)NCc1cc(=O)c(OCc2ccccc2)cn1C. The first-order valence-electron chi connectivity index (χ1n) is 7.61. The number of hydrogen-bond donors (Lipinski definition) is 1.